The van der Waals surface area contributed by atoms with Crippen LogP contribution in [0.3, 0.4) is 0 Å². The predicted molar refractivity (Wildman–Crippen MR) is 226 cm³/mol. The van der Waals surface area contributed by atoms with Crippen molar-refractivity contribution >= 4 is 21.8 Å². The third-order valence-electron chi connectivity index (χ3n) is 11.6. The van der Waals surface area contributed by atoms with Crippen LogP contribution in [0.2, 0.25) is 0 Å². The molecule has 6 heterocycles. The van der Waals surface area contributed by atoms with Crippen molar-refractivity contribution in [2.24, 2.45) is 11.8 Å². The molecule has 2 aromatic carbocycles. The van der Waals surface area contributed by atoms with Crippen molar-refractivity contribution in [2.45, 2.75) is 77.3 Å². The number of hydrogen-bond acceptors (Lipinski definition) is 6. The van der Waals surface area contributed by atoms with Gasteiger partial charge >= 0.3 is 0 Å². The highest BCUT2D eigenvalue weighted by Gasteiger charge is 2.40. The second kappa shape index (κ2) is 16.0. The van der Waals surface area contributed by atoms with Crippen molar-refractivity contribution in [3.05, 3.63) is 133 Å². The van der Waals surface area contributed by atoms with Crippen LogP contribution in [0.1, 0.15) is 49.9 Å². The number of aromatic nitrogens is 8. The number of alkyl halides is 4. The molecule has 2 atom stereocenters. The summed E-state index contributed by atoms with van der Waals surface area (Å²) in [7, 11) is 0. The maximum Gasteiger partial charge on any atom is 0.248 e. The Hall–Kier alpha value is -6.30. The van der Waals surface area contributed by atoms with Crippen LogP contribution in [0.4, 0.5) is 17.6 Å². The Kier molecular flexibility index (Phi) is 10.5. The molecule has 10 rings (SSSR count). The fourth-order valence-electron chi connectivity index (χ4n) is 8.58. The van der Waals surface area contributed by atoms with E-state index in [9.17, 15) is 17.6 Å². The molecule has 2 saturated carbocycles. The maximum absolute atomic E-state index is 13.5. The fourth-order valence-corrected chi connectivity index (χ4v) is 8.58. The molecule has 0 unspecified atom stereocenters. The van der Waals surface area contributed by atoms with Gasteiger partial charge < -0.3 is 0 Å². The van der Waals surface area contributed by atoms with Crippen molar-refractivity contribution < 1.29 is 17.6 Å². The van der Waals surface area contributed by atoms with E-state index >= 15 is 0 Å². The summed E-state index contributed by atoms with van der Waals surface area (Å²) in [5.41, 5.74) is 11.2. The van der Waals surface area contributed by atoms with E-state index in [4.69, 9.17) is 9.97 Å². The van der Waals surface area contributed by atoms with Gasteiger partial charge in [-0.1, -0.05) is 48.5 Å². The Morgan fingerprint density at radius 2 is 1.02 bits per heavy atom. The minimum atomic E-state index is -2.53. The van der Waals surface area contributed by atoms with Crippen LogP contribution in [0.5, 0.6) is 0 Å². The summed E-state index contributed by atoms with van der Waals surface area (Å²) in [5, 5.41) is 11.0. The van der Waals surface area contributed by atoms with Crippen LogP contribution in [-0.2, 0) is 13.1 Å². The number of halogens is 4. The molecule has 8 nitrogen and oxygen atoms in total. The summed E-state index contributed by atoms with van der Waals surface area (Å²) in [6.45, 7) is 4.97. The molecule has 0 spiro atoms. The second-order valence-electron chi connectivity index (χ2n) is 16.4. The first-order valence-electron chi connectivity index (χ1n) is 20.4. The van der Waals surface area contributed by atoms with Gasteiger partial charge in [-0.25, -0.2) is 17.6 Å². The van der Waals surface area contributed by atoms with Gasteiger partial charge in [-0.2, -0.15) is 10.2 Å². The summed E-state index contributed by atoms with van der Waals surface area (Å²) in [6.07, 6.45) is 12.0. The van der Waals surface area contributed by atoms with E-state index in [1.807, 2.05) is 86.9 Å². The first kappa shape index (κ1) is 39.2. The number of aryl methyl sites for hydroxylation is 2. The molecule has 0 saturated heterocycles. The summed E-state index contributed by atoms with van der Waals surface area (Å²) < 4.78 is 57.6. The molecule has 12 heteroatoms. The Morgan fingerprint density at radius 3 is 1.43 bits per heavy atom. The van der Waals surface area contributed by atoms with Crippen LogP contribution in [0.25, 0.3) is 66.6 Å². The zero-order valence-corrected chi connectivity index (χ0v) is 33.4. The molecule has 304 valence electrons. The van der Waals surface area contributed by atoms with Gasteiger partial charge in [-0.05, 0) is 74.9 Å². The van der Waals surface area contributed by atoms with Gasteiger partial charge in [0, 0.05) is 119 Å². The summed E-state index contributed by atoms with van der Waals surface area (Å²) in [5.74, 6) is -5.12. The highest BCUT2D eigenvalue weighted by atomic mass is 19.3. The van der Waals surface area contributed by atoms with Gasteiger partial charge in [0.05, 0.1) is 34.8 Å². The molecule has 2 aliphatic rings. The van der Waals surface area contributed by atoms with Crippen LogP contribution >= 0.6 is 0 Å². The molecular weight excluding hydrogens is 765 g/mol. The molecular formula is C48H44F4N8. The minimum absolute atomic E-state index is 0.0200. The Labute approximate surface area is 345 Å². The average Bonchev–Trinajstić information content (AvgIpc) is 4.05. The molecule has 6 aromatic heterocycles. The number of hydrogen-bond donors (Lipinski definition) is 0. The van der Waals surface area contributed by atoms with Crippen molar-refractivity contribution in [3.63, 3.8) is 0 Å². The molecule has 2 fully saturated rings. The molecule has 0 bridgehead atoms. The average molecular weight is 809 g/mol. The minimum Gasteiger partial charge on any atom is -0.272 e. The van der Waals surface area contributed by atoms with E-state index in [-0.39, 0.29) is 37.5 Å². The summed E-state index contributed by atoms with van der Waals surface area (Å²) >= 11 is 0. The second-order valence-corrected chi connectivity index (χ2v) is 16.4. The molecule has 0 N–H and O–H groups in total. The lowest BCUT2D eigenvalue weighted by Crippen LogP contribution is -2.13. The first-order chi connectivity index (χ1) is 28.9. The molecule has 60 heavy (non-hydrogen) atoms. The van der Waals surface area contributed by atoms with E-state index in [1.165, 1.54) is 0 Å². The van der Waals surface area contributed by atoms with Crippen LogP contribution < -0.4 is 0 Å². The molecule has 0 amide bonds. The quantitative estimate of drug-likeness (QED) is 0.142. The Morgan fingerprint density at radius 1 is 0.567 bits per heavy atom. The topological polar surface area (TPSA) is 87.2 Å². The van der Waals surface area contributed by atoms with Gasteiger partial charge in [0.25, 0.3) is 0 Å². The van der Waals surface area contributed by atoms with Crippen molar-refractivity contribution in [1.82, 2.24) is 39.5 Å². The third-order valence-corrected chi connectivity index (χ3v) is 11.6. The standard InChI is InChI=1S/2C24H22F2N4/c2*1-16-4-7-21(20-13-28-30(15-20)14-17-8-9-24(25,26)12-17)23(29-16)19-6-5-18-3-2-10-27-22(18)11-19/h2*2-7,10-11,13,15,17H,8-9,12,14H2,1H3/t2*17-/m10/s1. The smallest absolute Gasteiger partial charge is 0.248 e. The van der Waals surface area contributed by atoms with Crippen LogP contribution in [0, 0.1) is 25.7 Å². The molecule has 8 aromatic rings. The monoisotopic (exact) mass is 808 g/mol. The SMILES string of the molecule is Cc1ccc(-c2cnn(C[C@@H]3CCC(F)(F)C3)c2)c(-c2ccc3cccnc3c2)n1.Cc1ccc(-c2cnn(C[C@H]3CCC(F)(F)C3)c2)c(-c2ccc3cccnc3c2)n1. The lowest BCUT2D eigenvalue weighted by atomic mass is 10.00. The lowest BCUT2D eigenvalue weighted by molar-refractivity contribution is 0.00350. The number of benzene rings is 2. The Bertz CT molecular complexity index is 2620. The van der Waals surface area contributed by atoms with E-state index < -0.39 is 11.8 Å². The van der Waals surface area contributed by atoms with Crippen molar-refractivity contribution in [1.29, 1.82) is 0 Å². The maximum atomic E-state index is 13.5. The lowest BCUT2D eigenvalue weighted by Gasteiger charge is -2.11. The molecule has 0 radical (unpaired) electrons. The largest absolute Gasteiger partial charge is 0.272 e. The van der Waals surface area contributed by atoms with E-state index in [0.29, 0.717) is 25.9 Å². The highest BCUT2D eigenvalue weighted by molar-refractivity contribution is 5.89. The third kappa shape index (κ3) is 8.68. The van der Waals surface area contributed by atoms with Gasteiger partial charge in [0.2, 0.25) is 11.8 Å². The summed E-state index contributed by atoms with van der Waals surface area (Å²) in [4.78, 5) is 18.5. The predicted octanol–water partition coefficient (Wildman–Crippen LogP) is 11.8. The molecule has 0 aliphatic heterocycles. The number of rotatable bonds is 8. The zero-order chi connectivity index (χ0) is 41.4. The number of nitrogens with zero attached hydrogens (tertiary/aromatic N) is 8. The Balaban J connectivity index is 0.000000154. The van der Waals surface area contributed by atoms with E-state index in [0.717, 1.165) is 78.0 Å². The molecule has 2 aliphatic carbocycles. The van der Waals surface area contributed by atoms with Gasteiger partial charge in [0.1, 0.15) is 0 Å². The van der Waals surface area contributed by atoms with Gasteiger partial charge in [0.15, 0.2) is 0 Å². The number of fused-ring (bicyclic) bond motifs is 2. The van der Waals surface area contributed by atoms with Crippen molar-refractivity contribution in [2.75, 3.05) is 0 Å². The first-order valence-corrected chi connectivity index (χ1v) is 20.4. The van der Waals surface area contributed by atoms with Gasteiger partial charge in [-0.15, -0.1) is 0 Å². The van der Waals surface area contributed by atoms with Crippen molar-refractivity contribution in [3.8, 4) is 44.8 Å². The van der Waals surface area contributed by atoms with Crippen LogP contribution in [0.15, 0.2) is 122 Å². The van der Waals surface area contributed by atoms with Crippen LogP contribution in [-0.4, -0.2) is 51.3 Å². The fraction of sp³-hybridized carbons (Fsp3) is 0.292. The number of pyridine rings is 4. The van der Waals surface area contributed by atoms with Gasteiger partial charge in [-0.3, -0.25) is 29.3 Å². The zero-order valence-electron chi connectivity index (χ0n) is 33.4. The van der Waals surface area contributed by atoms with E-state index in [2.05, 4.69) is 44.4 Å². The normalized spacial score (nSPS) is 18.2. The van der Waals surface area contributed by atoms with E-state index in [1.54, 1.807) is 34.2 Å². The highest BCUT2D eigenvalue weighted by Crippen LogP contribution is 2.41. The summed E-state index contributed by atoms with van der Waals surface area (Å²) in [6, 6.07) is 28.3.